The summed E-state index contributed by atoms with van der Waals surface area (Å²) < 4.78 is 23.4. The predicted molar refractivity (Wildman–Crippen MR) is 186 cm³/mol. The summed E-state index contributed by atoms with van der Waals surface area (Å²) in [5, 5.41) is 10.5. The van der Waals surface area contributed by atoms with E-state index in [1.807, 2.05) is 27.7 Å². The van der Waals surface area contributed by atoms with Crippen LogP contribution in [0, 0.1) is 44.8 Å². The molecule has 274 valence electrons. The molecule has 1 aliphatic heterocycles. The number of rotatable bonds is 5. The van der Waals surface area contributed by atoms with Gasteiger partial charge in [-0.2, -0.15) is 0 Å². The second-order valence-electron chi connectivity index (χ2n) is 17.7. The molecule has 50 heavy (non-hydrogen) atoms. The zero-order valence-electron chi connectivity index (χ0n) is 31.6. The maximum absolute atomic E-state index is 14.4. The fourth-order valence-corrected chi connectivity index (χ4v) is 11.0. The molecular weight excluding hydrogens is 636 g/mol. The highest BCUT2D eigenvalue weighted by Crippen LogP contribution is 2.75. The van der Waals surface area contributed by atoms with Crippen molar-refractivity contribution in [3.05, 3.63) is 46.3 Å². The quantitative estimate of drug-likeness (QED) is 0.228. The number of ether oxygens (including phenoxy) is 4. The Balaban J connectivity index is 1.27. The molecule has 6 rings (SSSR count). The van der Waals surface area contributed by atoms with Gasteiger partial charge < -0.3 is 24.1 Å². The standard InChI is InChI=1S/C41H56O9/c1-22-23(2)35(49-30(21-47-25(4)42)34(22)48-26(5)43)50-36(46)38(7)14-13-37(6)15-17-40(9)31-12-11-27-24(3)33(45)29(44)19-28(27)39(31,8)16-18-41(40,10)32(37)20-38/h11-12,19,22-23,30,32,34-35,45H,13-18,20-21H2,1-10H3/t22?,23?,30?,32-,34?,35?,37-,38-,39+,40-,41+/m1/s1. The molecule has 5 unspecified atom stereocenters. The van der Waals surface area contributed by atoms with Crippen LogP contribution in [0.15, 0.2) is 46.3 Å². The van der Waals surface area contributed by atoms with E-state index in [1.165, 1.54) is 19.4 Å². The van der Waals surface area contributed by atoms with Gasteiger partial charge in [0.05, 0.1) is 5.41 Å². The first-order valence-electron chi connectivity index (χ1n) is 18.5. The maximum Gasteiger partial charge on any atom is 0.314 e. The third-order valence-electron chi connectivity index (χ3n) is 14.8. The molecule has 5 aliphatic carbocycles. The Morgan fingerprint density at radius 3 is 2.24 bits per heavy atom. The molecule has 9 heteroatoms. The lowest BCUT2D eigenvalue weighted by Crippen LogP contribution is -2.62. The van der Waals surface area contributed by atoms with Crippen LogP contribution in [0.1, 0.15) is 114 Å². The van der Waals surface area contributed by atoms with Crippen LogP contribution in [0.25, 0.3) is 0 Å². The minimum Gasteiger partial charge on any atom is -0.504 e. The summed E-state index contributed by atoms with van der Waals surface area (Å²) in [5.74, 6) is -1.92. The Morgan fingerprint density at radius 1 is 0.900 bits per heavy atom. The Hall–Kier alpha value is -3.20. The molecule has 1 saturated heterocycles. The van der Waals surface area contributed by atoms with Crippen molar-refractivity contribution >= 4 is 23.7 Å². The monoisotopic (exact) mass is 692 g/mol. The Labute approximate surface area is 296 Å². The van der Waals surface area contributed by atoms with Gasteiger partial charge in [-0.1, -0.05) is 59.3 Å². The number of allylic oxidation sites excluding steroid dienone is 7. The van der Waals surface area contributed by atoms with E-state index in [-0.39, 0.29) is 63.5 Å². The summed E-state index contributed by atoms with van der Waals surface area (Å²) in [6.07, 6.45) is 9.97. The normalized spacial score (nSPS) is 43.9. The zero-order chi connectivity index (χ0) is 36.8. The molecule has 1 heterocycles. The van der Waals surface area contributed by atoms with Crippen LogP contribution in [0.2, 0.25) is 0 Å². The van der Waals surface area contributed by atoms with E-state index in [4.69, 9.17) is 18.9 Å². The van der Waals surface area contributed by atoms with Crippen molar-refractivity contribution in [3.8, 4) is 0 Å². The molecule has 9 nitrogen and oxygen atoms in total. The van der Waals surface area contributed by atoms with Gasteiger partial charge in [-0.15, -0.1) is 0 Å². The molecule has 1 N–H and O–H groups in total. The first kappa shape index (κ1) is 36.6. The Kier molecular flexibility index (Phi) is 8.93. The first-order chi connectivity index (χ1) is 23.2. The van der Waals surface area contributed by atoms with Crippen LogP contribution in [-0.4, -0.2) is 53.9 Å². The van der Waals surface area contributed by atoms with Crippen molar-refractivity contribution in [2.24, 2.45) is 44.8 Å². The third-order valence-corrected chi connectivity index (χ3v) is 14.8. The summed E-state index contributed by atoms with van der Waals surface area (Å²) in [5.41, 5.74) is 2.71. The number of aliphatic hydroxyl groups excluding tert-OH is 1. The molecular formula is C41H56O9. The van der Waals surface area contributed by atoms with E-state index < -0.39 is 35.9 Å². The van der Waals surface area contributed by atoms with Crippen molar-refractivity contribution in [2.75, 3.05) is 6.61 Å². The topological polar surface area (TPSA) is 125 Å². The van der Waals surface area contributed by atoms with Gasteiger partial charge in [0.2, 0.25) is 12.1 Å². The molecule has 4 fully saturated rings. The first-order valence-corrected chi connectivity index (χ1v) is 18.5. The second kappa shape index (κ2) is 12.2. The fraction of sp³-hybridized carbons (Fsp3) is 0.707. The van der Waals surface area contributed by atoms with Crippen LogP contribution >= 0.6 is 0 Å². The van der Waals surface area contributed by atoms with Crippen LogP contribution in [0.3, 0.4) is 0 Å². The molecule has 0 aromatic rings. The SMILES string of the molecule is CC(=O)OCC1OC(OC(=O)[C@]2(C)CC[C@]3(C)CC[C@]4(C)C5=CC=C6C(=CC(=O)C(O)=C6C)[C@]5(C)CC[C@@]4(C)[C@@H]3C2)C(C)C(C)C1OC(C)=O. The van der Waals surface area contributed by atoms with Gasteiger partial charge >= 0.3 is 17.9 Å². The summed E-state index contributed by atoms with van der Waals surface area (Å²) in [4.78, 5) is 50.8. The molecule has 0 aromatic carbocycles. The van der Waals surface area contributed by atoms with Crippen molar-refractivity contribution < 1.29 is 43.2 Å². The number of hydrogen-bond donors (Lipinski definition) is 1. The molecule has 0 spiro atoms. The van der Waals surface area contributed by atoms with Gasteiger partial charge in [-0.25, -0.2) is 0 Å². The van der Waals surface area contributed by atoms with Gasteiger partial charge in [0, 0.05) is 36.7 Å². The zero-order valence-corrected chi connectivity index (χ0v) is 31.6. The number of esters is 3. The van der Waals surface area contributed by atoms with E-state index in [9.17, 15) is 24.3 Å². The molecule has 6 aliphatic rings. The average molecular weight is 693 g/mol. The minimum atomic E-state index is -0.880. The molecule has 0 radical (unpaired) electrons. The van der Waals surface area contributed by atoms with Crippen LogP contribution < -0.4 is 0 Å². The summed E-state index contributed by atoms with van der Waals surface area (Å²) in [6.45, 7) is 19.8. The van der Waals surface area contributed by atoms with Gasteiger partial charge in [0.25, 0.3) is 0 Å². The summed E-state index contributed by atoms with van der Waals surface area (Å²) in [7, 11) is 0. The second-order valence-corrected chi connectivity index (χ2v) is 17.7. The average Bonchev–Trinajstić information content (AvgIpc) is 3.05. The van der Waals surface area contributed by atoms with Crippen molar-refractivity contribution in [1.29, 1.82) is 0 Å². The number of ketones is 1. The van der Waals surface area contributed by atoms with Crippen molar-refractivity contribution in [3.63, 3.8) is 0 Å². The molecule has 0 bridgehead atoms. The lowest BCUT2D eigenvalue weighted by molar-refractivity contribution is -0.272. The predicted octanol–water partition coefficient (Wildman–Crippen LogP) is 7.65. The van der Waals surface area contributed by atoms with Crippen LogP contribution in [-0.2, 0) is 38.1 Å². The minimum absolute atomic E-state index is 0.0682. The lowest BCUT2D eigenvalue weighted by Gasteiger charge is -2.70. The largest absolute Gasteiger partial charge is 0.504 e. The van der Waals surface area contributed by atoms with Gasteiger partial charge in [0.15, 0.2) is 5.76 Å². The van der Waals surface area contributed by atoms with E-state index in [1.54, 1.807) is 6.08 Å². The number of carbonyl (C=O) groups excluding carboxylic acids is 4. The van der Waals surface area contributed by atoms with E-state index in [0.29, 0.717) is 18.4 Å². The van der Waals surface area contributed by atoms with Gasteiger partial charge in [-0.05, 0) is 98.2 Å². The number of hydrogen-bond acceptors (Lipinski definition) is 9. The summed E-state index contributed by atoms with van der Waals surface area (Å²) in [6, 6.07) is 0. The van der Waals surface area contributed by atoms with E-state index >= 15 is 0 Å². The van der Waals surface area contributed by atoms with Gasteiger partial charge in [0.1, 0.15) is 18.8 Å². The van der Waals surface area contributed by atoms with Crippen LogP contribution in [0.5, 0.6) is 0 Å². The van der Waals surface area contributed by atoms with Crippen molar-refractivity contribution in [2.45, 2.75) is 133 Å². The highest BCUT2D eigenvalue weighted by molar-refractivity contribution is 6.06. The highest BCUT2D eigenvalue weighted by atomic mass is 16.7. The maximum atomic E-state index is 14.4. The van der Waals surface area contributed by atoms with Gasteiger partial charge in [-0.3, -0.25) is 19.2 Å². The third kappa shape index (κ3) is 5.43. The van der Waals surface area contributed by atoms with Crippen LogP contribution in [0.4, 0.5) is 0 Å². The van der Waals surface area contributed by atoms with E-state index in [0.717, 1.165) is 43.3 Å². The van der Waals surface area contributed by atoms with Crippen molar-refractivity contribution in [1.82, 2.24) is 0 Å². The summed E-state index contributed by atoms with van der Waals surface area (Å²) >= 11 is 0. The number of aliphatic hydroxyl groups is 1. The fourth-order valence-electron chi connectivity index (χ4n) is 11.0. The smallest absolute Gasteiger partial charge is 0.314 e. The molecule has 11 atom stereocenters. The number of fused-ring (bicyclic) bond motifs is 7. The Morgan fingerprint density at radius 2 is 1.58 bits per heavy atom. The molecule has 3 saturated carbocycles. The lowest BCUT2D eigenvalue weighted by atomic mass is 9.34. The number of carbonyl (C=O) groups is 4. The molecule has 0 aromatic heterocycles. The molecule has 0 amide bonds. The highest BCUT2D eigenvalue weighted by Gasteiger charge is 2.67. The Bertz CT molecular complexity index is 1630. The van der Waals surface area contributed by atoms with E-state index in [2.05, 4.69) is 39.8 Å².